The van der Waals surface area contributed by atoms with Gasteiger partial charge in [0, 0.05) is 5.38 Å². The largest absolute Gasteiger partial charge is 0.462 e. The zero-order chi connectivity index (χ0) is 10.6. The van der Waals surface area contributed by atoms with Crippen molar-refractivity contribution in [2.24, 2.45) is 0 Å². The van der Waals surface area contributed by atoms with Gasteiger partial charge < -0.3 is 10.1 Å². The number of methoxy groups -OCH3 is 1. The fourth-order valence-corrected chi connectivity index (χ4v) is 1.44. The van der Waals surface area contributed by atoms with Crippen LogP contribution in [0.4, 0.5) is 0 Å². The van der Waals surface area contributed by atoms with Crippen molar-refractivity contribution in [2.75, 3.05) is 7.11 Å². The van der Waals surface area contributed by atoms with Crippen molar-refractivity contribution in [3.8, 4) is 0 Å². The van der Waals surface area contributed by atoms with E-state index in [1.807, 2.05) is 12.3 Å². The van der Waals surface area contributed by atoms with Crippen LogP contribution in [0.5, 0.6) is 0 Å². The van der Waals surface area contributed by atoms with Crippen molar-refractivity contribution in [2.45, 2.75) is 13.5 Å². The van der Waals surface area contributed by atoms with Crippen LogP contribution < -0.4 is 5.32 Å². The van der Waals surface area contributed by atoms with Crippen LogP contribution in [0.2, 0.25) is 0 Å². The molecule has 1 aromatic rings. The van der Waals surface area contributed by atoms with E-state index in [0.29, 0.717) is 0 Å². The number of ether oxygens (including phenoxy) is 1. The number of nitrogens with one attached hydrogen (secondary N) is 1. The minimum absolute atomic E-state index is 0.248. The van der Waals surface area contributed by atoms with Crippen LogP contribution in [0, 0.1) is 6.92 Å². The average Bonchev–Trinajstić information content (AvgIpc) is 2.59. The highest BCUT2D eigenvalue weighted by Gasteiger charge is 2.12. The molecule has 1 N–H and O–H groups in total. The number of amides is 1. The average molecular weight is 214 g/mol. The van der Waals surface area contributed by atoms with Crippen LogP contribution >= 0.6 is 11.3 Å². The number of rotatable bonds is 2. The van der Waals surface area contributed by atoms with Crippen molar-refractivity contribution in [3.05, 3.63) is 16.1 Å². The molecule has 0 bridgehead atoms. The molecule has 1 aromatic heterocycles. The molecule has 14 heavy (non-hydrogen) atoms. The monoisotopic (exact) mass is 214 g/mol. The summed E-state index contributed by atoms with van der Waals surface area (Å²) in [5.41, 5.74) is 0.741. The van der Waals surface area contributed by atoms with Crippen LogP contribution in [0.15, 0.2) is 5.38 Å². The molecule has 0 unspecified atom stereocenters. The third-order valence-corrected chi connectivity index (χ3v) is 2.29. The van der Waals surface area contributed by atoms with E-state index in [1.165, 1.54) is 11.3 Å². The van der Waals surface area contributed by atoms with Gasteiger partial charge in [-0.1, -0.05) is 0 Å². The predicted molar refractivity (Wildman–Crippen MR) is 50.7 cm³/mol. The molecule has 0 aliphatic heterocycles. The first-order valence-corrected chi connectivity index (χ1v) is 4.78. The van der Waals surface area contributed by atoms with Gasteiger partial charge in [-0.15, -0.1) is 11.3 Å². The number of thiazole rings is 1. The first kappa shape index (κ1) is 10.6. The number of carbonyl (C=O) groups is 2. The van der Waals surface area contributed by atoms with Gasteiger partial charge in [-0.2, -0.15) is 0 Å². The number of aromatic nitrogens is 1. The van der Waals surface area contributed by atoms with Gasteiger partial charge in [0.25, 0.3) is 0 Å². The lowest BCUT2D eigenvalue weighted by molar-refractivity contribution is -0.152. The molecule has 0 spiro atoms. The van der Waals surface area contributed by atoms with Gasteiger partial charge in [0.2, 0.25) is 0 Å². The van der Waals surface area contributed by atoms with E-state index < -0.39 is 11.9 Å². The third-order valence-electron chi connectivity index (χ3n) is 1.47. The molecule has 6 heteroatoms. The fourth-order valence-electron chi connectivity index (χ4n) is 0.825. The summed E-state index contributed by atoms with van der Waals surface area (Å²) in [4.78, 5) is 25.7. The van der Waals surface area contributed by atoms with Gasteiger partial charge in [-0.25, -0.2) is 9.78 Å². The molecule has 0 atom stereocenters. The van der Waals surface area contributed by atoms with E-state index in [2.05, 4.69) is 15.0 Å². The number of hydrogen-bond acceptors (Lipinski definition) is 5. The Labute approximate surface area is 85.1 Å². The Morgan fingerprint density at radius 2 is 2.36 bits per heavy atom. The molecule has 0 saturated heterocycles. The molecule has 1 amide bonds. The minimum Gasteiger partial charge on any atom is -0.462 e. The quantitative estimate of drug-likeness (QED) is 0.565. The van der Waals surface area contributed by atoms with Crippen molar-refractivity contribution in [1.82, 2.24) is 10.3 Å². The number of carbonyl (C=O) groups excluding carboxylic acids is 2. The summed E-state index contributed by atoms with van der Waals surface area (Å²) < 4.78 is 4.24. The van der Waals surface area contributed by atoms with Gasteiger partial charge >= 0.3 is 11.9 Å². The molecule has 0 aromatic carbocycles. The smallest absolute Gasteiger partial charge is 0.396 e. The molecular formula is C8H10N2O3S. The number of hydrogen-bond donors (Lipinski definition) is 1. The first-order chi connectivity index (χ1) is 6.63. The van der Waals surface area contributed by atoms with Crippen molar-refractivity contribution >= 4 is 23.2 Å². The van der Waals surface area contributed by atoms with Crippen molar-refractivity contribution < 1.29 is 14.3 Å². The molecule has 1 heterocycles. The lowest BCUT2D eigenvalue weighted by atomic mass is 10.4. The van der Waals surface area contributed by atoms with Gasteiger partial charge in [-0.3, -0.25) is 4.79 Å². The zero-order valence-corrected chi connectivity index (χ0v) is 8.68. The molecule has 0 saturated carbocycles. The van der Waals surface area contributed by atoms with E-state index >= 15 is 0 Å². The van der Waals surface area contributed by atoms with Crippen LogP contribution in [0.1, 0.15) is 10.7 Å². The summed E-state index contributed by atoms with van der Waals surface area (Å²) in [5, 5.41) is 5.14. The Balaban J connectivity index is 2.41. The molecular weight excluding hydrogens is 204 g/mol. The summed E-state index contributed by atoms with van der Waals surface area (Å²) in [5.74, 6) is -1.64. The lowest BCUT2D eigenvalue weighted by Crippen LogP contribution is -2.31. The van der Waals surface area contributed by atoms with E-state index in [9.17, 15) is 9.59 Å². The Bertz CT molecular complexity index is 348. The summed E-state index contributed by atoms with van der Waals surface area (Å²) in [6.45, 7) is 2.12. The minimum atomic E-state index is -0.892. The van der Waals surface area contributed by atoms with Gasteiger partial charge in [0.15, 0.2) is 0 Å². The highest BCUT2D eigenvalue weighted by atomic mass is 32.1. The number of nitrogens with zero attached hydrogens (tertiary/aromatic N) is 1. The van der Waals surface area contributed by atoms with E-state index in [0.717, 1.165) is 17.8 Å². The fraction of sp³-hybridized carbons (Fsp3) is 0.375. The second-order valence-electron chi connectivity index (χ2n) is 2.53. The van der Waals surface area contributed by atoms with Crippen molar-refractivity contribution in [1.29, 1.82) is 0 Å². The molecule has 1 rings (SSSR count). The molecule has 0 radical (unpaired) electrons. The normalized spacial score (nSPS) is 9.57. The van der Waals surface area contributed by atoms with E-state index in [-0.39, 0.29) is 6.54 Å². The molecule has 76 valence electrons. The summed E-state index contributed by atoms with van der Waals surface area (Å²) in [6.07, 6.45) is 0. The Hall–Kier alpha value is -1.43. The highest BCUT2D eigenvalue weighted by Crippen LogP contribution is 2.06. The maximum atomic E-state index is 10.9. The second kappa shape index (κ2) is 4.71. The summed E-state index contributed by atoms with van der Waals surface area (Å²) in [6, 6.07) is 0. The zero-order valence-electron chi connectivity index (χ0n) is 7.86. The summed E-state index contributed by atoms with van der Waals surface area (Å²) in [7, 11) is 1.16. The third kappa shape index (κ3) is 2.81. The molecule has 0 fully saturated rings. The lowest BCUT2D eigenvalue weighted by Gasteiger charge is -2.00. The Morgan fingerprint density at radius 3 is 2.86 bits per heavy atom. The summed E-state index contributed by atoms with van der Waals surface area (Å²) >= 11 is 1.49. The molecule has 0 aliphatic rings. The number of esters is 1. The molecule has 0 aliphatic carbocycles. The number of aryl methyl sites for hydroxylation is 1. The Morgan fingerprint density at radius 1 is 1.64 bits per heavy atom. The van der Waals surface area contributed by atoms with Crippen LogP contribution in [0.25, 0.3) is 0 Å². The van der Waals surface area contributed by atoms with E-state index in [4.69, 9.17) is 0 Å². The highest BCUT2D eigenvalue weighted by molar-refractivity contribution is 7.09. The van der Waals surface area contributed by atoms with Crippen molar-refractivity contribution in [3.63, 3.8) is 0 Å². The van der Waals surface area contributed by atoms with Gasteiger partial charge in [-0.05, 0) is 6.92 Å². The van der Waals surface area contributed by atoms with Gasteiger partial charge in [0.05, 0.1) is 24.4 Å². The van der Waals surface area contributed by atoms with Gasteiger partial charge in [0.1, 0.15) is 0 Å². The maximum absolute atomic E-state index is 10.9. The standard InChI is InChI=1S/C8H10N2O3S/c1-5-10-6(4-14-5)3-9-7(11)8(12)13-2/h4H,3H2,1-2H3,(H,9,11). The second-order valence-corrected chi connectivity index (χ2v) is 3.59. The predicted octanol–water partition coefficient (Wildman–Crippen LogP) is 0.241. The van der Waals surface area contributed by atoms with Crippen LogP contribution in [-0.4, -0.2) is 24.0 Å². The van der Waals surface area contributed by atoms with Crippen LogP contribution in [0.3, 0.4) is 0 Å². The first-order valence-electron chi connectivity index (χ1n) is 3.90. The Kier molecular flexibility index (Phi) is 3.58. The molecule has 5 nitrogen and oxygen atoms in total. The van der Waals surface area contributed by atoms with E-state index in [1.54, 1.807) is 0 Å². The van der Waals surface area contributed by atoms with Crippen LogP contribution in [-0.2, 0) is 20.9 Å². The maximum Gasteiger partial charge on any atom is 0.396 e. The topological polar surface area (TPSA) is 68.3 Å². The SMILES string of the molecule is COC(=O)C(=O)NCc1csc(C)n1.